The van der Waals surface area contributed by atoms with Gasteiger partial charge in [0.15, 0.2) is 0 Å². The van der Waals surface area contributed by atoms with Gasteiger partial charge in [-0.2, -0.15) is 0 Å². The Hall–Kier alpha value is -3.01. The number of esters is 1. The van der Waals surface area contributed by atoms with Crippen LogP contribution >= 0.6 is 0 Å². The quantitative estimate of drug-likeness (QED) is 0.474. The molecular formula is C20H21NO3. The molecule has 2 rings (SSSR count). The zero-order chi connectivity index (χ0) is 17.7. The molecule has 0 unspecified atom stereocenters. The largest absolute Gasteiger partial charge is 0.505 e. The van der Waals surface area contributed by atoms with Crippen molar-refractivity contribution in [1.82, 2.24) is 0 Å². The molecule has 2 N–H and O–H groups in total. The minimum absolute atomic E-state index is 0.0830. The molecule has 0 atom stereocenters. The fourth-order valence-corrected chi connectivity index (χ4v) is 2.63. The number of nitrogens with one attached hydrogen (secondary N) is 1. The normalized spacial score (nSPS) is 10.6. The molecule has 2 aromatic rings. The highest BCUT2D eigenvalue weighted by molar-refractivity contribution is 5.98. The highest BCUT2D eigenvalue weighted by Crippen LogP contribution is 2.39. The van der Waals surface area contributed by atoms with Gasteiger partial charge in [-0.15, -0.1) is 0 Å². The van der Waals surface area contributed by atoms with Crippen LogP contribution in [0, 0.1) is 13.8 Å². The summed E-state index contributed by atoms with van der Waals surface area (Å²) in [6, 6.07) is 9.46. The Labute approximate surface area is 142 Å². The number of allylic oxidation sites excluding steroid dienone is 2. The molecule has 0 saturated heterocycles. The number of aromatic hydroxyl groups is 1. The SMILES string of the molecule is C=C/C=C\c1c(C)c(C(=O)OC)c(C)c(Nc2ccccc2)c1O. The van der Waals surface area contributed by atoms with E-state index < -0.39 is 5.97 Å². The first-order valence-corrected chi connectivity index (χ1v) is 7.56. The van der Waals surface area contributed by atoms with E-state index in [1.807, 2.05) is 30.3 Å². The van der Waals surface area contributed by atoms with Crippen LogP contribution in [0.5, 0.6) is 5.75 Å². The first kappa shape index (κ1) is 17.3. The molecule has 4 nitrogen and oxygen atoms in total. The van der Waals surface area contributed by atoms with Gasteiger partial charge in [-0.05, 0) is 37.1 Å². The van der Waals surface area contributed by atoms with E-state index >= 15 is 0 Å². The minimum atomic E-state index is -0.436. The van der Waals surface area contributed by atoms with Crippen LogP contribution in [0.2, 0.25) is 0 Å². The first-order valence-electron chi connectivity index (χ1n) is 7.56. The number of ether oxygens (including phenoxy) is 1. The molecule has 124 valence electrons. The van der Waals surface area contributed by atoms with Gasteiger partial charge in [-0.1, -0.05) is 43.0 Å². The topological polar surface area (TPSA) is 58.6 Å². The van der Waals surface area contributed by atoms with Gasteiger partial charge in [-0.25, -0.2) is 4.79 Å². The Morgan fingerprint density at radius 2 is 1.88 bits per heavy atom. The van der Waals surface area contributed by atoms with Gasteiger partial charge in [0, 0.05) is 11.3 Å². The van der Waals surface area contributed by atoms with Crippen LogP contribution in [0.4, 0.5) is 11.4 Å². The zero-order valence-corrected chi connectivity index (χ0v) is 14.1. The molecule has 0 fully saturated rings. The summed E-state index contributed by atoms with van der Waals surface area (Å²) in [6.45, 7) is 7.21. The molecule has 0 amide bonds. The lowest BCUT2D eigenvalue weighted by Crippen LogP contribution is -2.10. The van der Waals surface area contributed by atoms with Gasteiger partial charge in [0.1, 0.15) is 5.75 Å². The molecule has 0 aliphatic carbocycles. The van der Waals surface area contributed by atoms with Crippen LogP contribution in [0.15, 0.2) is 49.1 Å². The second-order valence-electron chi connectivity index (χ2n) is 5.34. The van der Waals surface area contributed by atoms with Crippen LogP contribution < -0.4 is 5.32 Å². The highest BCUT2D eigenvalue weighted by atomic mass is 16.5. The van der Waals surface area contributed by atoms with E-state index in [4.69, 9.17) is 4.74 Å². The van der Waals surface area contributed by atoms with E-state index in [9.17, 15) is 9.90 Å². The van der Waals surface area contributed by atoms with Crippen LogP contribution in [-0.4, -0.2) is 18.2 Å². The van der Waals surface area contributed by atoms with Gasteiger partial charge < -0.3 is 15.2 Å². The Morgan fingerprint density at radius 1 is 1.21 bits per heavy atom. The van der Waals surface area contributed by atoms with E-state index in [0.717, 1.165) is 5.69 Å². The third kappa shape index (κ3) is 3.33. The number of hydrogen-bond acceptors (Lipinski definition) is 4. The number of carbonyl (C=O) groups excluding carboxylic acids is 1. The van der Waals surface area contributed by atoms with Crippen LogP contribution in [-0.2, 0) is 4.74 Å². The number of rotatable bonds is 5. The third-order valence-corrected chi connectivity index (χ3v) is 3.85. The zero-order valence-electron chi connectivity index (χ0n) is 14.1. The van der Waals surface area contributed by atoms with Crippen molar-refractivity contribution in [3.63, 3.8) is 0 Å². The number of phenols is 1. The van der Waals surface area contributed by atoms with Gasteiger partial charge >= 0.3 is 5.97 Å². The predicted octanol–water partition coefficient (Wildman–Crippen LogP) is 4.74. The fourth-order valence-electron chi connectivity index (χ4n) is 2.63. The molecule has 0 spiro atoms. The lowest BCUT2D eigenvalue weighted by Gasteiger charge is -2.19. The Morgan fingerprint density at radius 3 is 2.46 bits per heavy atom. The number of carbonyl (C=O) groups is 1. The van der Waals surface area contributed by atoms with Gasteiger partial charge in [-0.3, -0.25) is 0 Å². The fraction of sp³-hybridized carbons (Fsp3) is 0.150. The summed E-state index contributed by atoms with van der Waals surface area (Å²) < 4.78 is 4.91. The second-order valence-corrected chi connectivity index (χ2v) is 5.34. The number of benzene rings is 2. The summed E-state index contributed by atoms with van der Waals surface area (Å²) in [5.41, 5.74) is 3.59. The van der Waals surface area contributed by atoms with Gasteiger partial charge in [0.25, 0.3) is 0 Å². The van der Waals surface area contributed by atoms with E-state index in [0.29, 0.717) is 27.9 Å². The van der Waals surface area contributed by atoms with E-state index in [-0.39, 0.29) is 5.75 Å². The standard InChI is InChI=1S/C20H21NO3/c1-5-6-12-16-13(2)17(20(23)24-4)14(3)18(19(16)22)21-15-10-8-7-9-11-15/h5-12,21-22H,1H2,2-4H3/b12-6-. The number of methoxy groups -OCH3 is 1. The lowest BCUT2D eigenvalue weighted by molar-refractivity contribution is 0.0599. The summed E-state index contributed by atoms with van der Waals surface area (Å²) >= 11 is 0. The van der Waals surface area contributed by atoms with E-state index in [1.165, 1.54) is 7.11 Å². The van der Waals surface area contributed by atoms with Crippen molar-refractivity contribution in [3.8, 4) is 5.75 Å². The molecule has 0 aliphatic rings. The van der Waals surface area contributed by atoms with Crippen molar-refractivity contribution >= 4 is 23.4 Å². The second kappa shape index (κ2) is 7.51. The van der Waals surface area contributed by atoms with Crippen molar-refractivity contribution in [1.29, 1.82) is 0 Å². The summed E-state index contributed by atoms with van der Waals surface area (Å²) in [6.07, 6.45) is 5.05. The van der Waals surface area contributed by atoms with E-state index in [2.05, 4.69) is 11.9 Å². The maximum atomic E-state index is 12.2. The molecule has 0 saturated carbocycles. The molecule has 0 radical (unpaired) electrons. The molecule has 24 heavy (non-hydrogen) atoms. The highest BCUT2D eigenvalue weighted by Gasteiger charge is 2.22. The van der Waals surface area contributed by atoms with Crippen molar-refractivity contribution in [3.05, 3.63) is 71.3 Å². The molecule has 0 aromatic heterocycles. The average Bonchev–Trinajstić information content (AvgIpc) is 2.59. The summed E-state index contributed by atoms with van der Waals surface area (Å²) in [5.74, 6) is -0.353. The predicted molar refractivity (Wildman–Crippen MR) is 97.9 cm³/mol. The molecule has 4 heteroatoms. The Bertz CT molecular complexity index is 793. The average molecular weight is 323 g/mol. The Balaban J connectivity index is 2.70. The molecule has 0 heterocycles. The van der Waals surface area contributed by atoms with Gasteiger partial charge in [0.2, 0.25) is 0 Å². The molecular weight excluding hydrogens is 302 g/mol. The number of hydrogen-bond donors (Lipinski definition) is 2. The van der Waals surface area contributed by atoms with Crippen molar-refractivity contribution in [2.24, 2.45) is 0 Å². The van der Waals surface area contributed by atoms with Crippen molar-refractivity contribution < 1.29 is 14.6 Å². The monoisotopic (exact) mass is 323 g/mol. The molecule has 0 bridgehead atoms. The summed E-state index contributed by atoms with van der Waals surface area (Å²) in [7, 11) is 1.34. The van der Waals surface area contributed by atoms with Gasteiger partial charge in [0.05, 0.1) is 18.4 Å². The van der Waals surface area contributed by atoms with Crippen molar-refractivity contribution in [2.45, 2.75) is 13.8 Å². The molecule has 0 aliphatic heterocycles. The van der Waals surface area contributed by atoms with Crippen LogP contribution in [0.25, 0.3) is 6.08 Å². The van der Waals surface area contributed by atoms with Crippen molar-refractivity contribution in [2.75, 3.05) is 12.4 Å². The Kier molecular flexibility index (Phi) is 5.42. The maximum absolute atomic E-state index is 12.2. The minimum Gasteiger partial charge on any atom is -0.505 e. The third-order valence-electron chi connectivity index (χ3n) is 3.85. The first-order chi connectivity index (χ1) is 11.5. The maximum Gasteiger partial charge on any atom is 0.338 e. The van der Waals surface area contributed by atoms with Crippen LogP contribution in [0.1, 0.15) is 27.0 Å². The summed E-state index contributed by atoms with van der Waals surface area (Å²) in [5, 5.41) is 13.9. The summed E-state index contributed by atoms with van der Waals surface area (Å²) in [4.78, 5) is 12.2. The number of phenolic OH excluding ortho intramolecular Hbond substituents is 1. The van der Waals surface area contributed by atoms with E-state index in [1.54, 1.807) is 32.1 Å². The lowest BCUT2D eigenvalue weighted by atomic mass is 9.94. The van der Waals surface area contributed by atoms with Crippen LogP contribution in [0.3, 0.4) is 0 Å². The smallest absolute Gasteiger partial charge is 0.338 e. The number of para-hydroxylation sites is 1. The number of anilines is 2. The molecule has 2 aromatic carbocycles.